The Morgan fingerprint density at radius 1 is 1.12 bits per heavy atom. The summed E-state index contributed by atoms with van der Waals surface area (Å²) in [5.74, 6) is -0.436. The van der Waals surface area contributed by atoms with E-state index in [4.69, 9.17) is 0 Å². The molecule has 8 heteroatoms. The highest BCUT2D eigenvalue weighted by molar-refractivity contribution is 7.93. The van der Waals surface area contributed by atoms with Gasteiger partial charge in [0.25, 0.3) is 5.91 Å². The zero-order valence-corrected chi connectivity index (χ0v) is 15.2. The number of aromatic nitrogens is 2. The van der Waals surface area contributed by atoms with Gasteiger partial charge in [0.1, 0.15) is 9.90 Å². The van der Waals surface area contributed by atoms with Crippen LogP contribution in [0.4, 0.5) is 5.13 Å². The molecule has 3 rings (SSSR count). The average Bonchev–Trinajstić information content (AvgIpc) is 2.96. The van der Waals surface area contributed by atoms with Crippen LogP contribution in [-0.2, 0) is 9.84 Å². The third kappa shape index (κ3) is 3.59. The van der Waals surface area contributed by atoms with Gasteiger partial charge in [0.05, 0.1) is 10.6 Å². The van der Waals surface area contributed by atoms with Gasteiger partial charge in [-0.3, -0.25) is 15.1 Å². The fraction of sp³-hybridized carbons (Fsp3) is 0.118. The lowest BCUT2D eigenvalue weighted by Crippen LogP contribution is -2.13. The van der Waals surface area contributed by atoms with Crippen LogP contribution in [0.5, 0.6) is 0 Å². The topological polar surface area (TPSA) is 89.0 Å². The first-order valence-corrected chi connectivity index (χ1v) is 9.69. The molecule has 0 bridgehead atoms. The van der Waals surface area contributed by atoms with Crippen molar-refractivity contribution in [3.63, 3.8) is 0 Å². The van der Waals surface area contributed by atoms with Gasteiger partial charge in [0.15, 0.2) is 5.13 Å². The van der Waals surface area contributed by atoms with Crippen LogP contribution >= 0.6 is 11.3 Å². The molecule has 2 aromatic heterocycles. The fourth-order valence-corrected chi connectivity index (χ4v) is 5.14. The molecule has 0 fully saturated rings. The number of rotatable bonds is 4. The number of hydrogen-bond acceptors (Lipinski definition) is 6. The van der Waals surface area contributed by atoms with Crippen molar-refractivity contribution in [2.45, 2.75) is 23.0 Å². The number of pyridine rings is 1. The predicted molar refractivity (Wildman–Crippen MR) is 95.7 cm³/mol. The van der Waals surface area contributed by atoms with Crippen LogP contribution in [0.15, 0.2) is 57.8 Å². The van der Waals surface area contributed by atoms with E-state index in [-0.39, 0.29) is 19.9 Å². The number of sulfone groups is 1. The molecule has 0 aliphatic rings. The van der Waals surface area contributed by atoms with E-state index in [0.717, 1.165) is 16.9 Å². The molecule has 1 amide bonds. The third-order valence-electron chi connectivity index (χ3n) is 3.42. The maximum absolute atomic E-state index is 12.8. The number of nitrogens with one attached hydrogen (secondary N) is 1. The summed E-state index contributed by atoms with van der Waals surface area (Å²) >= 11 is 0.931. The van der Waals surface area contributed by atoms with E-state index < -0.39 is 15.7 Å². The molecule has 1 aromatic carbocycles. The standard InChI is InChI=1S/C17H15N3O3S2/c1-11-6-5-7-13(10-11)25(22,23)16-12(2)19-17(24-16)20-15(21)14-8-3-4-9-18-14/h3-10H,1-2H3,(H,19,20,21). The van der Waals surface area contributed by atoms with Crippen molar-refractivity contribution in [1.82, 2.24) is 9.97 Å². The molecule has 0 saturated heterocycles. The summed E-state index contributed by atoms with van der Waals surface area (Å²) < 4.78 is 25.8. The lowest BCUT2D eigenvalue weighted by molar-refractivity contribution is 0.102. The number of carbonyl (C=O) groups excluding carboxylic acids is 1. The van der Waals surface area contributed by atoms with Crippen molar-refractivity contribution in [1.29, 1.82) is 0 Å². The third-order valence-corrected chi connectivity index (χ3v) is 6.85. The molecule has 1 N–H and O–H groups in total. The van der Waals surface area contributed by atoms with Crippen LogP contribution in [0.25, 0.3) is 0 Å². The molecule has 2 heterocycles. The van der Waals surface area contributed by atoms with Crippen LogP contribution in [-0.4, -0.2) is 24.3 Å². The Labute approximate surface area is 149 Å². The second-order valence-corrected chi connectivity index (χ2v) is 8.52. The first-order chi connectivity index (χ1) is 11.9. The van der Waals surface area contributed by atoms with Crippen LogP contribution in [0.1, 0.15) is 21.7 Å². The first-order valence-electron chi connectivity index (χ1n) is 7.39. The molecule has 25 heavy (non-hydrogen) atoms. The minimum atomic E-state index is -3.68. The van der Waals surface area contributed by atoms with E-state index in [1.807, 2.05) is 13.0 Å². The van der Waals surface area contributed by atoms with Crippen molar-refractivity contribution in [2.75, 3.05) is 5.32 Å². The molecule has 0 aliphatic heterocycles. The fourth-order valence-electron chi connectivity index (χ4n) is 2.23. The molecule has 0 spiro atoms. The normalized spacial score (nSPS) is 11.3. The summed E-state index contributed by atoms with van der Waals surface area (Å²) in [4.78, 5) is 20.5. The van der Waals surface area contributed by atoms with Gasteiger partial charge >= 0.3 is 0 Å². The zero-order valence-electron chi connectivity index (χ0n) is 13.6. The molecule has 3 aromatic rings. The van der Waals surface area contributed by atoms with Gasteiger partial charge in [0, 0.05) is 6.20 Å². The van der Waals surface area contributed by atoms with Gasteiger partial charge in [-0.1, -0.05) is 29.5 Å². The van der Waals surface area contributed by atoms with Gasteiger partial charge in [-0.05, 0) is 43.7 Å². The lowest BCUT2D eigenvalue weighted by atomic mass is 10.2. The van der Waals surface area contributed by atoms with Crippen LogP contribution in [0.2, 0.25) is 0 Å². The summed E-state index contributed by atoms with van der Waals surface area (Å²) in [5, 5.41) is 2.82. The van der Waals surface area contributed by atoms with Gasteiger partial charge in [-0.15, -0.1) is 0 Å². The number of hydrogen-bond donors (Lipinski definition) is 1. The Kier molecular flexibility index (Phi) is 4.65. The quantitative estimate of drug-likeness (QED) is 0.758. The molecule has 0 unspecified atom stereocenters. The first kappa shape index (κ1) is 17.2. The monoisotopic (exact) mass is 373 g/mol. The Bertz CT molecular complexity index is 1030. The van der Waals surface area contributed by atoms with Crippen molar-refractivity contribution in [2.24, 2.45) is 0 Å². The van der Waals surface area contributed by atoms with Crippen LogP contribution < -0.4 is 5.32 Å². The zero-order chi connectivity index (χ0) is 18.0. The Morgan fingerprint density at radius 2 is 1.92 bits per heavy atom. The van der Waals surface area contributed by atoms with E-state index >= 15 is 0 Å². The van der Waals surface area contributed by atoms with E-state index in [2.05, 4.69) is 15.3 Å². The molecule has 0 atom stereocenters. The number of carbonyl (C=O) groups is 1. The number of nitrogens with zero attached hydrogens (tertiary/aromatic N) is 2. The van der Waals surface area contributed by atoms with Crippen LogP contribution in [0, 0.1) is 13.8 Å². The van der Waals surface area contributed by atoms with E-state index in [0.29, 0.717) is 5.69 Å². The van der Waals surface area contributed by atoms with E-state index in [9.17, 15) is 13.2 Å². The SMILES string of the molecule is Cc1cccc(S(=O)(=O)c2sc(NC(=O)c3ccccn3)nc2C)c1. The van der Waals surface area contributed by atoms with E-state index in [1.165, 1.54) is 6.20 Å². The average molecular weight is 373 g/mol. The molecular weight excluding hydrogens is 358 g/mol. The van der Waals surface area contributed by atoms with Crippen molar-refractivity contribution >= 4 is 32.2 Å². The van der Waals surface area contributed by atoms with Crippen LogP contribution in [0.3, 0.4) is 0 Å². The van der Waals surface area contributed by atoms with Gasteiger partial charge in [-0.25, -0.2) is 13.4 Å². The molecule has 0 aliphatic carbocycles. The summed E-state index contributed by atoms with van der Waals surface area (Å²) in [5.41, 5.74) is 1.44. The highest BCUT2D eigenvalue weighted by atomic mass is 32.2. The maximum Gasteiger partial charge on any atom is 0.276 e. The summed E-state index contributed by atoms with van der Waals surface area (Å²) in [6.07, 6.45) is 1.51. The van der Waals surface area contributed by atoms with E-state index in [1.54, 1.807) is 43.3 Å². The lowest BCUT2D eigenvalue weighted by Gasteiger charge is -2.03. The molecule has 128 valence electrons. The smallest absolute Gasteiger partial charge is 0.276 e. The Morgan fingerprint density at radius 3 is 2.60 bits per heavy atom. The minimum absolute atomic E-state index is 0.120. The highest BCUT2D eigenvalue weighted by Gasteiger charge is 2.25. The predicted octanol–water partition coefficient (Wildman–Crippen LogP) is 3.24. The molecular formula is C17H15N3O3S2. The van der Waals surface area contributed by atoms with Crippen molar-refractivity contribution in [3.05, 3.63) is 65.6 Å². The Balaban J connectivity index is 1.91. The maximum atomic E-state index is 12.8. The van der Waals surface area contributed by atoms with Gasteiger partial charge in [0.2, 0.25) is 9.84 Å². The summed E-state index contributed by atoms with van der Waals surface area (Å²) in [6.45, 7) is 3.44. The summed E-state index contributed by atoms with van der Waals surface area (Å²) in [7, 11) is -3.68. The number of aryl methyl sites for hydroxylation is 2. The largest absolute Gasteiger partial charge is 0.296 e. The summed E-state index contributed by atoms with van der Waals surface area (Å²) in [6, 6.07) is 11.7. The van der Waals surface area contributed by atoms with Gasteiger partial charge < -0.3 is 0 Å². The Hall–Kier alpha value is -2.58. The second kappa shape index (κ2) is 6.73. The number of anilines is 1. The number of amides is 1. The van der Waals surface area contributed by atoms with Crippen molar-refractivity contribution in [3.8, 4) is 0 Å². The second-order valence-electron chi connectivity index (χ2n) is 5.38. The highest BCUT2D eigenvalue weighted by Crippen LogP contribution is 2.32. The molecule has 0 saturated carbocycles. The number of thiazole rings is 1. The van der Waals surface area contributed by atoms with Gasteiger partial charge in [-0.2, -0.15) is 0 Å². The molecule has 6 nitrogen and oxygen atoms in total. The van der Waals surface area contributed by atoms with Crippen molar-refractivity contribution < 1.29 is 13.2 Å². The number of benzene rings is 1. The minimum Gasteiger partial charge on any atom is -0.296 e. The molecule has 0 radical (unpaired) electrons.